The van der Waals surface area contributed by atoms with Gasteiger partial charge in [0, 0.05) is 23.5 Å². The number of nitrogens with one attached hydrogen (secondary N) is 1. The summed E-state index contributed by atoms with van der Waals surface area (Å²) in [6, 6.07) is 0.267. The summed E-state index contributed by atoms with van der Waals surface area (Å²) < 4.78 is 2.91. The fourth-order valence-corrected chi connectivity index (χ4v) is 2.86. The molecule has 0 spiro atoms. The fraction of sp³-hybridized carbons (Fsp3) is 0.400. The van der Waals surface area contributed by atoms with Gasteiger partial charge < -0.3 is 9.55 Å². The molecule has 2 heterocycles. The number of imidazole rings is 1. The van der Waals surface area contributed by atoms with Crippen molar-refractivity contribution in [2.45, 2.75) is 26.3 Å². The molecule has 0 aromatic carbocycles. The average Bonchev–Trinajstić information content (AvgIpc) is 2.83. The SMILES string of the molecule is CCC(c1nccs1)n1c(C)c[nH]c1=S. The van der Waals surface area contributed by atoms with Crippen LogP contribution in [0.1, 0.15) is 30.1 Å². The minimum Gasteiger partial charge on any atom is -0.337 e. The molecule has 2 aromatic heterocycles. The second-order valence-corrected chi connectivity index (χ2v) is 4.71. The van der Waals surface area contributed by atoms with E-state index in [-0.39, 0.29) is 6.04 Å². The highest BCUT2D eigenvalue weighted by molar-refractivity contribution is 7.71. The molecule has 0 aliphatic heterocycles. The van der Waals surface area contributed by atoms with Crippen LogP contribution in [0.25, 0.3) is 0 Å². The van der Waals surface area contributed by atoms with Crippen molar-refractivity contribution in [3.63, 3.8) is 0 Å². The van der Waals surface area contributed by atoms with Crippen molar-refractivity contribution in [1.29, 1.82) is 0 Å². The molecule has 0 bridgehead atoms. The van der Waals surface area contributed by atoms with E-state index in [0.717, 1.165) is 21.9 Å². The first kappa shape index (κ1) is 10.6. The monoisotopic (exact) mass is 239 g/mol. The Morgan fingerprint density at radius 2 is 2.47 bits per heavy atom. The van der Waals surface area contributed by atoms with E-state index < -0.39 is 0 Å². The van der Waals surface area contributed by atoms with Crippen LogP contribution < -0.4 is 0 Å². The van der Waals surface area contributed by atoms with E-state index in [1.165, 1.54) is 0 Å². The number of aromatic nitrogens is 3. The van der Waals surface area contributed by atoms with E-state index in [1.54, 1.807) is 11.3 Å². The number of aromatic amines is 1. The summed E-state index contributed by atoms with van der Waals surface area (Å²) in [5.74, 6) is 0. The van der Waals surface area contributed by atoms with Gasteiger partial charge in [0.2, 0.25) is 0 Å². The summed E-state index contributed by atoms with van der Waals surface area (Å²) in [5, 5.41) is 3.13. The topological polar surface area (TPSA) is 33.6 Å². The molecule has 80 valence electrons. The summed E-state index contributed by atoms with van der Waals surface area (Å²) >= 11 is 6.95. The highest BCUT2D eigenvalue weighted by Crippen LogP contribution is 2.25. The first-order valence-corrected chi connectivity index (χ1v) is 6.18. The van der Waals surface area contributed by atoms with Crippen LogP contribution in [0.3, 0.4) is 0 Å². The fourth-order valence-electron chi connectivity index (χ4n) is 1.72. The highest BCUT2D eigenvalue weighted by atomic mass is 32.1. The molecule has 3 nitrogen and oxygen atoms in total. The lowest BCUT2D eigenvalue weighted by Gasteiger charge is -2.15. The molecule has 2 rings (SSSR count). The van der Waals surface area contributed by atoms with Gasteiger partial charge in [-0.3, -0.25) is 0 Å². The number of thiazole rings is 1. The summed E-state index contributed by atoms with van der Waals surface area (Å²) in [6.07, 6.45) is 4.79. The van der Waals surface area contributed by atoms with E-state index in [0.29, 0.717) is 0 Å². The largest absolute Gasteiger partial charge is 0.337 e. The van der Waals surface area contributed by atoms with Gasteiger partial charge in [-0.1, -0.05) is 6.92 Å². The Morgan fingerprint density at radius 3 is 2.93 bits per heavy atom. The Hall–Kier alpha value is -0.940. The number of rotatable bonds is 3. The van der Waals surface area contributed by atoms with Crippen molar-refractivity contribution in [3.05, 3.63) is 33.2 Å². The Morgan fingerprint density at radius 1 is 1.67 bits per heavy atom. The number of aryl methyl sites for hydroxylation is 1. The zero-order valence-electron chi connectivity index (χ0n) is 8.73. The van der Waals surface area contributed by atoms with Crippen molar-refractivity contribution >= 4 is 23.6 Å². The zero-order valence-corrected chi connectivity index (χ0v) is 10.4. The van der Waals surface area contributed by atoms with Crippen molar-refractivity contribution in [3.8, 4) is 0 Å². The molecular weight excluding hydrogens is 226 g/mol. The van der Waals surface area contributed by atoms with E-state index in [4.69, 9.17) is 12.2 Å². The normalized spacial score (nSPS) is 12.9. The lowest BCUT2D eigenvalue weighted by atomic mass is 10.2. The molecule has 0 saturated heterocycles. The van der Waals surface area contributed by atoms with Gasteiger partial charge in [0.05, 0.1) is 6.04 Å². The standard InChI is InChI=1S/C10H13N3S2/c1-3-8(9-11-4-5-15-9)13-7(2)6-12-10(13)14/h4-6,8H,3H2,1-2H3,(H,12,14). The molecular formula is C10H13N3S2. The average molecular weight is 239 g/mol. The number of hydrogen-bond donors (Lipinski definition) is 1. The van der Waals surface area contributed by atoms with E-state index in [1.807, 2.05) is 17.8 Å². The van der Waals surface area contributed by atoms with Crippen LogP contribution in [0.2, 0.25) is 0 Å². The van der Waals surface area contributed by atoms with E-state index in [2.05, 4.69) is 28.4 Å². The Kier molecular flexibility index (Phi) is 3.02. The minimum absolute atomic E-state index is 0.267. The van der Waals surface area contributed by atoms with Gasteiger partial charge in [-0.25, -0.2) is 4.98 Å². The predicted octanol–water partition coefficient (Wildman–Crippen LogP) is 3.31. The van der Waals surface area contributed by atoms with Gasteiger partial charge in [0.15, 0.2) is 4.77 Å². The van der Waals surface area contributed by atoms with Gasteiger partial charge in [-0.15, -0.1) is 11.3 Å². The summed E-state index contributed by atoms with van der Waals surface area (Å²) in [4.78, 5) is 7.43. The number of nitrogens with zero attached hydrogens (tertiary/aromatic N) is 2. The molecule has 0 amide bonds. The smallest absolute Gasteiger partial charge is 0.177 e. The van der Waals surface area contributed by atoms with Crippen molar-refractivity contribution in [2.75, 3.05) is 0 Å². The lowest BCUT2D eigenvalue weighted by Crippen LogP contribution is -2.10. The molecule has 15 heavy (non-hydrogen) atoms. The van der Waals surface area contributed by atoms with Gasteiger partial charge in [-0.05, 0) is 25.6 Å². The van der Waals surface area contributed by atoms with Crippen LogP contribution in [0.15, 0.2) is 17.8 Å². The van der Waals surface area contributed by atoms with Gasteiger partial charge in [0.1, 0.15) is 5.01 Å². The molecule has 1 atom stereocenters. The van der Waals surface area contributed by atoms with Crippen molar-refractivity contribution < 1.29 is 0 Å². The molecule has 0 fully saturated rings. The molecule has 1 N–H and O–H groups in total. The maximum Gasteiger partial charge on any atom is 0.177 e. The molecule has 1 unspecified atom stereocenters. The van der Waals surface area contributed by atoms with Crippen LogP contribution in [0.4, 0.5) is 0 Å². The summed E-state index contributed by atoms with van der Waals surface area (Å²) in [7, 11) is 0. The Balaban J connectivity index is 2.48. The van der Waals surface area contributed by atoms with Gasteiger partial charge in [-0.2, -0.15) is 0 Å². The molecule has 0 radical (unpaired) electrons. The maximum atomic E-state index is 5.27. The van der Waals surface area contributed by atoms with Crippen molar-refractivity contribution in [1.82, 2.24) is 14.5 Å². The van der Waals surface area contributed by atoms with Gasteiger partial charge >= 0.3 is 0 Å². The highest BCUT2D eigenvalue weighted by Gasteiger charge is 2.16. The second-order valence-electron chi connectivity index (χ2n) is 3.40. The number of hydrogen-bond acceptors (Lipinski definition) is 3. The quantitative estimate of drug-likeness (QED) is 0.834. The first-order valence-electron chi connectivity index (χ1n) is 4.90. The molecule has 0 saturated carbocycles. The van der Waals surface area contributed by atoms with E-state index >= 15 is 0 Å². The summed E-state index contributed by atoms with van der Waals surface area (Å²) in [5.41, 5.74) is 1.15. The van der Waals surface area contributed by atoms with Crippen LogP contribution in [0.5, 0.6) is 0 Å². The maximum absolute atomic E-state index is 5.27. The Labute approximate surface area is 97.8 Å². The van der Waals surface area contributed by atoms with E-state index in [9.17, 15) is 0 Å². The van der Waals surface area contributed by atoms with Crippen molar-refractivity contribution in [2.24, 2.45) is 0 Å². The molecule has 0 aliphatic rings. The Bertz CT molecular complexity index is 481. The lowest BCUT2D eigenvalue weighted by molar-refractivity contribution is 0.546. The summed E-state index contributed by atoms with van der Waals surface area (Å²) in [6.45, 7) is 4.21. The molecule has 5 heteroatoms. The van der Waals surface area contributed by atoms with Crippen LogP contribution >= 0.6 is 23.6 Å². The first-order chi connectivity index (χ1) is 7.24. The third-order valence-corrected chi connectivity index (χ3v) is 3.63. The van der Waals surface area contributed by atoms with Crippen LogP contribution in [-0.4, -0.2) is 14.5 Å². The van der Waals surface area contributed by atoms with Gasteiger partial charge in [0.25, 0.3) is 0 Å². The van der Waals surface area contributed by atoms with Crippen LogP contribution in [0, 0.1) is 11.7 Å². The molecule has 0 aliphatic carbocycles. The predicted molar refractivity (Wildman–Crippen MR) is 64.9 cm³/mol. The second kappa shape index (κ2) is 4.28. The zero-order chi connectivity index (χ0) is 10.8. The van der Waals surface area contributed by atoms with Crippen LogP contribution in [-0.2, 0) is 0 Å². The minimum atomic E-state index is 0.267. The third-order valence-electron chi connectivity index (χ3n) is 2.44. The number of H-pyrrole nitrogens is 1. The molecule has 2 aromatic rings. The third kappa shape index (κ3) is 1.89.